The second-order valence-electron chi connectivity index (χ2n) is 5.78. The number of amides is 3. The minimum absolute atomic E-state index is 0.0209. The van der Waals surface area contributed by atoms with Crippen molar-refractivity contribution in [2.75, 3.05) is 13.1 Å². The van der Waals surface area contributed by atoms with E-state index in [1.165, 1.54) is 0 Å². The van der Waals surface area contributed by atoms with Gasteiger partial charge in [0.1, 0.15) is 12.6 Å². The standard InChI is InChI=1S/C14H24N4O7/c1-7(2)3-9(18-13(24)8(15)4-11(20)21)14(25)17-5-10(19)16-6-12(22)23/h7-9H,3-6,15H2,1-2H3,(H,16,19)(H,17,25)(H,18,24)(H,20,21)(H,22,23). The molecule has 11 nitrogen and oxygen atoms in total. The molecular formula is C14H24N4O7. The highest BCUT2D eigenvalue weighted by molar-refractivity contribution is 5.93. The second kappa shape index (κ2) is 11.0. The summed E-state index contributed by atoms with van der Waals surface area (Å²) in [4.78, 5) is 56.3. The molecule has 0 aliphatic rings. The van der Waals surface area contributed by atoms with Crippen LogP contribution in [0.3, 0.4) is 0 Å². The van der Waals surface area contributed by atoms with E-state index in [2.05, 4.69) is 16.0 Å². The Morgan fingerprint density at radius 1 is 0.920 bits per heavy atom. The third-order valence-electron chi connectivity index (χ3n) is 2.93. The zero-order valence-corrected chi connectivity index (χ0v) is 14.1. The zero-order chi connectivity index (χ0) is 19.6. The third kappa shape index (κ3) is 10.7. The van der Waals surface area contributed by atoms with Crippen LogP contribution in [0.5, 0.6) is 0 Å². The van der Waals surface area contributed by atoms with Gasteiger partial charge in [-0.3, -0.25) is 24.0 Å². The number of nitrogens with one attached hydrogen (secondary N) is 3. The summed E-state index contributed by atoms with van der Waals surface area (Å²) in [5, 5.41) is 23.8. The Bertz CT molecular complexity index is 521. The molecule has 0 heterocycles. The molecule has 0 radical (unpaired) electrons. The summed E-state index contributed by atoms with van der Waals surface area (Å²) in [5.41, 5.74) is 5.44. The summed E-state index contributed by atoms with van der Waals surface area (Å²) in [6.45, 7) is 2.58. The van der Waals surface area contributed by atoms with E-state index in [9.17, 15) is 24.0 Å². The van der Waals surface area contributed by atoms with E-state index in [0.717, 1.165) is 0 Å². The highest BCUT2D eigenvalue weighted by Gasteiger charge is 2.25. The van der Waals surface area contributed by atoms with Gasteiger partial charge in [0.25, 0.3) is 0 Å². The molecule has 2 atom stereocenters. The molecule has 3 amide bonds. The Morgan fingerprint density at radius 2 is 1.52 bits per heavy atom. The van der Waals surface area contributed by atoms with Crippen molar-refractivity contribution in [2.45, 2.75) is 38.8 Å². The Hall–Kier alpha value is -2.69. The predicted octanol–water partition coefficient (Wildman–Crippen LogP) is -2.36. The molecule has 7 N–H and O–H groups in total. The average Bonchev–Trinajstić information content (AvgIpc) is 2.48. The Kier molecular flexibility index (Phi) is 9.79. The normalized spacial score (nSPS) is 12.8. The van der Waals surface area contributed by atoms with Crippen LogP contribution >= 0.6 is 0 Å². The quantitative estimate of drug-likeness (QED) is 0.236. The molecular weight excluding hydrogens is 336 g/mol. The number of hydrogen-bond donors (Lipinski definition) is 6. The molecule has 0 spiro atoms. The number of carbonyl (C=O) groups excluding carboxylic acids is 3. The SMILES string of the molecule is CC(C)CC(NC(=O)C(N)CC(=O)O)C(=O)NCC(=O)NCC(=O)O. The molecule has 0 aromatic carbocycles. The topological polar surface area (TPSA) is 188 Å². The number of nitrogens with two attached hydrogens (primary N) is 1. The lowest BCUT2D eigenvalue weighted by atomic mass is 10.0. The highest BCUT2D eigenvalue weighted by Crippen LogP contribution is 2.05. The van der Waals surface area contributed by atoms with Gasteiger partial charge in [-0.15, -0.1) is 0 Å². The van der Waals surface area contributed by atoms with E-state index in [1.54, 1.807) is 0 Å². The fourth-order valence-corrected chi connectivity index (χ4v) is 1.79. The first-order chi connectivity index (χ1) is 11.5. The third-order valence-corrected chi connectivity index (χ3v) is 2.93. The van der Waals surface area contributed by atoms with Gasteiger partial charge >= 0.3 is 11.9 Å². The van der Waals surface area contributed by atoms with Gasteiger partial charge in [0.05, 0.1) is 19.0 Å². The van der Waals surface area contributed by atoms with E-state index < -0.39 is 61.3 Å². The van der Waals surface area contributed by atoms with Crippen LogP contribution in [0.4, 0.5) is 0 Å². The Labute approximate surface area is 144 Å². The van der Waals surface area contributed by atoms with Gasteiger partial charge in [0, 0.05) is 0 Å². The maximum absolute atomic E-state index is 12.1. The number of aliphatic carboxylic acids is 2. The van der Waals surface area contributed by atoms with Crippen molar-refractivity contribution in [3.8, 4) is 0 Å². The number of hydrogen-bond acceptors (Lipinski definition) is 6. The molecule has 0 bridgehead atoms. The molecule has 11 heteroatoms. The van der Waals surface area contributed by atoms with Crippen molar-refractivity contribution in [1.82, 2.24) is 16.0 Å². The van der Waals surface area contributed by atoms with E-state index in [0.29, 0.717) is 0 Å². The van der Waals surface area contributed by atoms with Crippen LogP contribution < -0.4 is 21.7 Å². The summed E-state index contributed by atoms with van der Waals surface area (Å²) in [6, 6.07) is -2.31. The first-order valence-electron chi connectivity index (χ1n) is 7.56. The van der Waals surface area contributed by atoms with Crippen LogP contribution in [0.2, 0.25) is 0 Å². The zero-order valence-electron chi connectivity index (χ0n) is 14.1. The Morgan fingerprint density at radius 3 is 2.00 bits per heavy atom. The van der Waals surface area contributed by atoms with Crippen molar-refractivity contribution >= 4 is 29.7 Å². The molecule has 0 aliphatic heterocycles. The van der Waals surface area contributed by atoms with Gasteiger partial charge in [0.2, 0.25) is 17.7 Å². The molecule has 0 aliphatic carbocycles. The maximum atomic E-state index is 12.1. The summed E-state index contributed by atoms with van der Waals surface area (Å²) < 4.78 is 0. The van der Waals surface area contributed by atoms with E-state index in [4.69, 9.17) is 15.9 Å². The molecule has 142 valence electrons. The fourth-order valence-electron chi connectivity index (χ4n) is 1.79. The van der Waals surface area contributed by atoms with Crippen LogP contribution in [-0.2, 0) is 24.0 Å². The first-order valence-corrected chi connectivity index (χ1v) is 7.56. The molecule has 0 saturated heterocycles. The van der Waals surface area contributed by atoms with Gasteiger partial charge in [0.15, 0.2) is 0 Å². The highest BCUT2D eigenvalue weighted by atomic mass is 16.4. The first kappa shape index (κ1) is 22.3. The summed E-state index contributed by atoms with van der Waals surface area (Å²) in [7, 11) is 0. The maximum Gasteiger partial charge on any atom is 0.322 e. The minimum atomic E-state index is -1.31. The summed E-state index contributed by atoms with van der Waals surface area (Å²) in [6.07, 6.45) is -0.340. The number of carboxylic acid groups (broad SMARTS) is 2. The number of carboxylic acids is 2. The lowest BCUT2D eigenvalue weighted by molar-refractivity contribution is -0.139. The predicted molar refractivity (Wildman–Crippen MR) is 85.3 cm³/mol. The van der Waals surface area contributed by atoms with Crippen LogP contribution in [0.1, 0.15) is 26.7 Å². The summed E-state index contributed by atoms with van der Waals surface area (Å²) in [5.74, 6) is -4.60. The largest absolute Gasteiger partial charge is 0.481 e. The average molecular weight is 360 g/mol. The summed E-state index contributed by atoms with van der Waals surface area (Å²) >= 11 is 0. The fraction of sp³-hybridized carbons (Fsp3) is 0.643. The lowest BCUT2D eigenvalue weighted by Gasteiger charge is -2.21. The van der Waals surface area contributed by atoms with E-state index in [-0.39, 0.29) is 12.3 Å². The molecule has 0 saturated carbocycles. The molecule has 0 aromatic heterocycles. The number of carbonyl (C=O) groups is 5. The van der Waals surface area contributed by atoms with Gasteiger partial charge in [-0.1, -0.05) is 13.8 Å². The van der Waals surface area contributed by atoms with Crippen LogP contribution in [0.25, 0.3) is 0 Å². The van der Waals surface area contributed by atoms with Gasteiger partial charge in [-0.05, 0) is 12.3 Å². The van der Waals surface area contributed by atoms with Gasteiger partial charge < -0.3 is 31.9 Å². The molecule has 2 unspecified atom stereocenters. The monoisotopic (exact) mass is 360 g/mol. The molecule has 0 rings (SSSR count). The van der Waals surface area contributed by atoms with Gasteiger partial charge in [-0.25, -0.2) is 0 Å². The van der Waals surface area contributed by atoms with Crippen LogP contribution in [0, 0.1) is 5.92 Å². The minimum Gasteiger partial charge on any atom is -0.481 e. The van der Waals surface area contributed by atoms with Crippen molar-refractivity contribution in [3.63, 3.8) is 0 Å². The molecule has 0 aromatic rings. The van der Waals surface area contributed by atoms with Crippen molar-refractivity contribution in [2.24, 2.45) is 11.7 Å². The smallest absolute Gasteiger partial charge is 0.322 e. The van der Waals surface area contributed by atoms with Gasteiger partial charge in [-0.2, -0.15) is 0 Å². The lowest BCUT2D eigenvalue weighted by Crippen LogP contribution is -2.53. The van der Waals surface area contributed by atoms with Crippen molar-refractivity contribution in [3.05, 3.63) is 0 Å². The van der Waals surface area contributed by atoms with E-state index >= 15 is 0 Å². The van der Waals surface area contributed by atoms with Crippen LogP contribution in [-0.4, -0.2) is 65.0 Å². The van der Waals surface area contributed by atoms with Crippen LogP contribution in [0.15, 0.2) is 0 Å². The Balaban J connectivity index is 4.65. The van der Waals surface area contributed by atoms with E-state index in [1.807, 2.05) is 13.8 Å². The van der Waals surface area contributed by atoms with Crippen molar-refractivity contribution in [1.29, 1.82) is 0 Å². The number of rotatable bonds is 11. The second-order valence-corrected chi connectivity index (χ2v) is 5.78. The molecule has 25 heavy (non-hydrogen) atoms. The van der Waals surface area contributed by atoms with Crippen molar-refractivity contribution < 1.29 is 34.2 Å². The molecule has 0 fully saturated rings.